The lowest BCUT2D eigenvalue weighted by molar-refractivity contribution is 0.250. The fourth-order valence-electron chi connectivity index (χ4n) is 1.56. The molecule has 0 unspecified atom stereocenters. The predicted molar refractivity (Wildman–Crippen MR) is 66.9 cm³/mol. The van der Waals surface area contributed by atoms with Crippen molar-refractivity contribution in [3.63, 3.8) is 0 Å². The Balaban J connectivity index is 1.96. The minimum Gasteiger partial charge on any atom is -0.493 e. The van der Waals surface area contributed by atoms with Crippen LogP contribution in [0, 0.1) is 19.3 Å². The van der Waals surface area contributed by atoms with Crippen LogP contribution < -0.4 is 4.74 Å². The van der Waals surface area contributed by atoms with Gasteiger partial charge in [-0.05, 0) is 55.7 Å². The zero-order chi connectivity index (χ0) is 10.9. The van der Waals surface area contributed by atoms with Crippen molar-refractivity contribution in [3.8, 4) is 5.75 Å². The van der Waals surface area contributed by atoms with Crippen LogP contribution in [0.4, 0.5) is 0 Å². The number of thiol groups is 1. The average Bonchev–Trinajstić information content (AvgIpc) is 3.01. The Morgan fingerprint density at radius 1 is 1.27 bits per heavy atom. The molecule has 0 N–H and O–H groups in total. The number of hydrogen-bond donors (Lipinski definition) is 1. The number of benzene rings is 1. The highest BCUT2D eigenvalue weighted by molar-refractivity contribution is 7.80. The Bertz CT molecular complexity index is 356. The van der Waals surface area contributed by atoms with Crippen LogP contribution in [0.5, 0.6) is 5.75 Å². The van der Waals surface area contributed by atoms with Gasteiger partial charge in [0.1, 0.15) is 5.75 Å². The van der Waals surface area contributed by atoms with Crippen molar-refractivity contribution in [2.24, 2.45) is 5.41 Å². The maximum atomic E-state index is 5.81. The van der Waals surface area contributed by atoms with E-state index in [2.05, 4.69) is 44.7 Å². The van der Waals surface area contributed by atoms with E-state index >= 15 is 0 Å². The van der Waals surface area contributed by atoms with Crippen molar-refractivity contribution < 1.29 is 4.74 Å². The first-order valence-corrected chi connectivity index (χ1v) is 6.09. The van der Waals surface area contributed by atoms with E-state index in [1.807, 2.05) is 0 Å². The largest absolute Gasteiger partial charge is 0.493 e. The van der Waals surface area contributed by atoms with Crippen molar-refractivity contribution in [1.29, 1.82) is 0 Å². The molecule has 1 aliphatic carbocycles. The van der Waals surface area contributed by atoms with Crippen molar-refractivity contribution >= 4 is 12.6 Å². The second kappa shape index (κ2) is 4.09. The Morgan fingerprint density at radius 2 is 2.00 bits per heavy atom. The Labute approximate surface area is 97.2 Å². The van der Waals surface area contributed by atoms with E-state index in [-0.39, 0.29) is 0 Å². The summed E-state index contributed by atoms with van der Waals surface area (Å²) in [6.07, 6.45) is 2.53. The first-order valence-electron chi connectivity index (χ1n) is 5.46. The van der Waals surface area contributed by atoms with Crippen LogP contribution in [0.1, 0.15) is 24.0 Å². The summed E-state index contributed by atoms with van der Waals surface area (Å²) in [5, 5.41) is 0. The first-order chi connectivity index (χ1) is 7.15. The molecule has 0 saturated heterocycles. The number of hydrogen-bond acceptors (Lipinski definition) is 2. The summed E-state index contributed by atoms with van der Waals surface area (Å²) in [5.74, 6) is 1.93. The van der Waals surface area contributed by atoms with E-state index in [4.69, 9.17) is 4.74 Å². The van der Waals surface area contributed by atoms with Gasteiger partial charge in [0.05, 0.1) is 6.61 Å². The molecule has 1 aromatic carbocycles. The summed E-state index contributed by atoms with van der Waals surface area (Å²) in [4.78, 5) is 0. The van der Waals surface area contributed by atoms with Gasteiger partial charge in [-0.3, -0.25) is 0 Å². The van der Waals surface area contributed by atoms with Crippen LogP contribution in [0.3, 0.4) is 0 Å². The molecule has 0 radical (unpaired) electrons. The molecule has 82 valence electrons. The van der Waals surface area contributed by atoms with Crippen LogP contribution in [-0.2, 0) is 0 Å². The van der Waals surface area contributed by atoms with Gasteiger partial charge in [-0.15, -0.1) is 0 Å². The SMILES string of the molecule is Cc1ccc(OCC2(CS)CC2)cc1C. The third kappa shape index (κ3) is 2.49. The van der Waals surface area contributed by atoms with Gasteiger partial charge in [-0.25, -0.2) is 0 Å². The van der Waals surface area contributed by atoms with Crippen molar-refractivity contribution in [3.05, 3.63) is 29.3 Å². The lowest BCUT2D eigenvalue weighted by Crippen LogP contribution is -2.14. The molecule has 0 atom stereocenters. The molecular formula is C13H18OS. The predicted octanol–water partition coefficient (Wildman–Crippen LogP) is 3.39. The van der Waals surface area contributed by atoms with Crippen LogP contribution in [-0.4, -0.2) is 12.4 Å². The topological polar surface area (TPSA) is 9.23 Å². The first kappa shape index (κ1) is 10.9. The summed E-state index contributed by atoms with van der Waals surface area (Å²) in [6.45, 7) is 5.06. The summed E-state index contributed by atoms with van der Waals surface area (Å²) < 4.78 is 5.81. The molecule has 0 heterocycles. The maximum Gasteiger partial charge on any atom is 0.119 e. The normalized spacial score (nSPS) is 17.5. The van der Waals surface area contributed by atoms with E-state index in [9.17, 15) is 0 Å². The average molecular weight is 222 g/mol. The number of aryl methyl sites for hydroxylation is 2. The molecule has 1 fully saturated rings. The van der Waals surface area contributed by atoms with E-state index in [0.29, 0.717) is 5.41 Å². The molecule has 0 aromatic heterocycles. The summed E-state index contributed by atoms with van der Waals surface area (Å²) >= 11 is 4.37. The Morgan fingerprint density at radius 3 is 2.53 bits per heavy atom. The van der Waals surface area contributed by atoms with Crippen LogP contribution in [0.2, 0.25) is 0 Å². The van der Waals surface area contributed by atoms with Gasteiger partial charge in [0.2, 0.25) is 0 Å². The molecule has 0 spiro atoms. The summed E-state index contributed by atoms with van der Waals surface area (Å²) in [7, 11) is 0. The zero-order valence-electron chi connectivity index (χ0n) is 9.42. The highest BCUT2D eigenvalue weighted by Crippen LogP contribution is 2.46. The zero-order valence-corrected chi connectivity index (χ0v) is 10.3. The fourth-order valence-corrected chi connectivity index (χ4v) is 1.97. The minimum absolute atomic E-state index is 0.377. The van der Waals surface area contributed by atoms with E-state index in [0.717, 1.165) is 18.1 Å². The van der Waals surface area contributed by atoms with E-state index < -0.39 is 0 Å². The molecule has 2 rings (SSSR count). The smallest absolute Gasteiger partial charge is 0.119 e. The Kier molecular flexibility index (Phi) is 2.96. The van der Waals surface area contributed by atoms with Gasteiger partial charge in [0.15, 0.2) is 0 Å². The van der Waals surface area contributed by atoms with Gasteiger partial charge in [-0.2, -0.15) is 12.6 Å². The van der Waals surface area contributed by atoms with Crippen molar-refractivity contribution in [2.75, 3.05) is 12.4 Å². The molecule has 2 heteroatoms. The molecular weight excluding hydrogens is 204 g/mol. The second-order valence-electron chi connectivity index (χ2n) is 4.69. The van der Waals surface area contributed by atoms with Crippen LogP contribution in [0.15, 0.2) is 18.2 Å². The fraction of sp³-hybridized carbons (Fsp3) is 0.538. The number of ether oxygens (including phenoxy) is 1. The molecule has 0 bridgehead atoms. The summed E-state index contributed by atoms with van der Waals surface area (Å²) in [5.41, 5.74) is 2.99. The van der Waals surface area contributed by atoms with E-state index in [1.165, 1.54) is 24.0 Å². The molecule has 1 aliphatic rings. The van der Waals surface area contributed by atoms with Crippen LogP contribution >= 0.6 is 12.6 Å². The van der Waals surface area contributed by atoms with Crippen molar-refractivity contribution in [2.45, 2.75) is 26.7 Å². The molecule has 1 saturated carbocycles. The maximum absolute atomic E-state index is 5.81. The monoisotopic (exact) mass is 222 g/mol. The van der Waals surface area contributed by atoms with Gasteiger partial charge < -0.3 is 4.74 Å². The van der Waals surface area contributed by atoms with E-state index in [1.54, 1.807) is 0 Å². The van der Waals surface area contributed by atoms with Gasteiger partial charge >= 0.3 is 0 Å². The summed E-state index contributed by atoms with van der Waals surface area (Å²) in [6, 6.07) is 6.28. The van der Waals surface area contributed by atoms with Crippen molar-refractivity contribution in [1.82, 2.24) is 0 Å². The molecule has 1 nitrogen and oxygen atoms in total. The molecule has 1 aromatic rings. The highest BCUT2D eigenvalue weighted by atomic mass is 32.1. The lowest BCUT2D eigenvalue weighted by Gasteiger charge is -2.14. The standard InChI is InChI=1S/C13H18OS/c1-10-3-4-12(7-11(10)2)14-8-13(9-15)5-6-13/h3-4,7,15H,5-6,8-9H2,1-2H3. The highest BCUT2D eigenvalue weighted by Gasteiger charge is 2.42. The second-order valence-corrected chi connectivity index (χ2v) is 5.01. The van der Waals surface area contributed by atoms with Crippen LogP contribution in [0.25, 0.3) is 0 Å². The third-order valence-corrected chi connectivity index (χ3v) is 3.99. The molecule has 0 aliphatic heterocycles. The van der Waals surface area contributed by atoms with Gasteiger partial charge in [0.25, 0.3) is 0 Å². The third-order valence-electron chi connectivity index (χ3n) is 3.32. The molecule has 15 heavy (non-hydrogen) atoms. The quantitative estimate of drug-likeness (QED) is 0.768. The Hall–Kier alpha value is -0.630. The molecule has 0 amide bonds. The van der Waals surface area contributed by atoms with Gasteiger partial charge in [0, 0.05) is 5.41 Å². The van der Waals surface area contributed by atoms with Gasteiger partial charge in [-0.1, -0.05) is 6.07 Å². The number of rotatable bonds is 4. The minimum atomic E-state index is 0.377. The lowest BCUT2D eigenvalue weighted by atomic mass is 10.1.